The second-order valence-electron chi connectivity index (χ2n) is 5.65. The van der Waals surface area contributed by atoms with Gasteiger partial charge in [-0.25, -0.2) is 0 Å². The van der Waals surface area contributed by atoms with Crippen LogP contribution in [0.2, 0.25) is 0 Å². The highest BCUT2D eigenvalue weighted by Crippen LogP contribution is 2.30. The number of rotatable bonds is 7. The predicted molar refractivity (Wildman–Crippen MR) is 121 cm³/mol. The first-order chi connectivity index (χ1) is 12.6. The average molecular weight is 485 g/mol. The molecule has 0 aromatic heterocycles. The van der Waals surface area contributed by atoms with Crippen LogP contribution in [0.1, 0.15) is 18.1 Å². The second-order valence-corrected chi connectivity index (χ2v) is 5.65. The van der Waals surface area contributed by atoms with E-state index in [2.05, 4.69) is 21.7 Å². The minimum absolute atomic E-state index is 0. The predicted octanol–water partition coefficient (Wildman–Crippen LogP) is 4.22. The third-order valence-corrected chi connectivity index (χ3v) is 3.87. The van der Waals surface area contributed by atoms with Gasteiger partial charge >= 0.3 is 0 Å². The summed E-state index contributed by atoms with van der Waals surface area (Å²) in [6.45, 7) is 5.20. The van der Waals surface area contributed by atoms with Crippen molar-refractivity contribution in [3.8, 4) is 17.2 Å². The van der Waals surface area contributed by atoms with E-state index >= 15 is 0 Å². The third kappa shape index (κ3) is 6.50. The van der Waals surface area contributed by atoms with Crippen LogP contribution in [0.3, 0.4) is 0 Å². The van der Waals surface area contributed by atoms with E-state index in [4.69, 9.17) is 14.2 Å². The van der Waals surface area contributed by atoms with E-state index in [0.717, 1.165) is 22.6 Å². The molecule has 2 rings (SSSR count). The van der Waals surface area contributed by atoms with Crippen molar-refractivity contribution in [2.24, 2.45) is 4.99 Å². The van der Waals surface area contributed by atoms with Crippen LogP contribution in [-0.2, 0) is 6.54 Å². The molecule has 0 saturated heterocycles. The van der Waals surface area contributed by atoms with Crippen LogP contribution in [0.15, 0.2) is 41.4 Å². The second kappa shape index (κ2) is 11.5. The summed E-state index contributed by atoms with van der Waals surface area (Å²) in [6, 6.07) is 11.8. The van der Waals surface area contributed by atoms with Gasteiger partial charge in [0.25, 0.3) is 0 Å². The molecule has 0 atom stereocenters. The summed E-state index contributed by atoms with van der Waals surface area (Å²) < 4.78 is 16.2. The fraction of sp³-hybridized carbons (Fsp3) is 0.350. The first-order valence-electron chi connectivity index (χ1n) is 8.53. The quantitative estimate of drug-likeness (QED) is 0.350. The summed E-state index contributed by atoms with van der Waals surface area (Å²) >= 11 is 0. The molecule has 0 heterocycles. The third-order valence-electron chi connectivity index (χ3n) is 3.87. The van der Waals surface area contributed by atoms with Gasteiger partial charge in [0.15, 0.2) is 17.5 Å². The molecule has 7 heteroatoms. The number of anilines is 1. The van der Waals surface area contributed by atoms with E-state index in [1.165, 1.54) is 0 Å². The first kappa shape index (κ1) is 22.9. The van der Waals surface area contributed by atoms with Crippen LogP contribution >= 0.6 is 24.0 Å². The average Bonchev–Trinajstić information content (AvgIpc) is 2.65. The number of nitrogens with one attached hydrogen (secondary N) is 2. The Balaban J connectivity index is 0.00000364. The van der Waals surface area contributed by atoms with Gasteiger partial charge in [-0.05, 0) is 43.2 Å². The number of guanidine groups is 1. The SMILES string of the molecule is CCOc1cc(NC(=NC)NCc2ccc(OC)c(C)c2)ccc1OC.I. The lowest BCUT2D eigenvalue weighted by molar-refractivity contribution is 0.311. The molecule has 148 valence electrons. The Bertz CT molecular complexity index is 766. The summed E-state index contributed by atoms with van der Waals surface area (Å²) in [5.74, 6) is 2.96. The molecule has 0 aliphatic carbocycles. The Morgan fingerprint density at radius 2 is 1.70 bits per heavy atom. The standard InChI is InChI=1S/C20H27N3O3.HI/c1-6-26-19-12-16(8-10-18(19)25-5)23-20(21-3)22-13-15-7-9-17(24-4)14(2)11-15;/h7-12H,6,13H2,1-5H3,(H2,21,22,23);1H. The molecule has 0 saturated carbocycles. The molecule has 6 nitrogen and oxygen atoms in total. The van der Waals surface area contributed by atoms with Crippen LogP contribution in [0.4, 0.5) is 5.69 Å². The Hall–Kier alpha value is -2.16. The normalized spacial score (nSPS) is 10.6. The Morgan fingerprint density at radius 3 is 2.30 bits per heavy atom. The zero-order valence-electron chi connectivity index (χ0n) is 16.5. The van der Waals surface area contributed by atoms with E-state index < -0.39 is 0 Å². The number of halogens is 1. The number of ether oxygens (including phenoxy) is 3. The fourth-order valence-corrected chi connectivity index (χ4v) is 2.57. The van der Waals surface area contributed by atoms with Gasteiger partial charge < -0.3 is 24.8 Å². The summed E-state index contributed by atoms with van der Waals surface area (Å²) in [5, 5.41) is 6.57. The van der Waals surface area contributed by atoms with Crippen molar-refractivity contribution in [1.29, 1.82) is 0 Å². The van der Waals surface area contributed by atoms with Crippen LogP contribution in [0, 0.1) is 6.92 Å². The van der Waals surface area contributed by atoms with Crippen molar-refractivity contribution >= 4 is 35.6 Å². The maximum atomic E-state index is 5.61. The summed E-state index contributed by atoms with van der Waals surface area (Å²) in [4.78, 5) is 4.27. The molecule has 0 aliphatic heterocycles. The molecule has 0 bridgehead atoms. The number of aryl methyl sites for hydroxylation is 1. The van der Waals surface area contributed by atoms with E-state index in [1.807, 2.05) is 44.2 Å². The molecular weight excluding hydrogens is 457 g/mol. The van der Waals surface area contributed by atoms with E-state index in [0.29, 0.717) is 30.6 Å². The number of aliphatic imine (C=N–C) groups is 1. The number of hydrogen-bond acceptors (Lipinski definition) is 4. The van der Waals surface area contributed by atoms with Crippen LogP contribution < -0.4 is 24.8 Å². The number of benzene rings is 2. The van der Waals surface area contributed by atoms with Crippen LogP contribution in [-0.4, -0.2) is 33.8 Å². The maximum Gasteiger partial charge on any atom is 0.195 e. The molecular formula is C20H28IN3O3. The summed E-state index contributed by atoms with van der Waals surface area (Å²) in [5.41, 5.74) is 3.12. The van der Waals surface area contributed by atoms with Crippen LogP contribution in [0.5, 0.6) is 17.2 Å². The van der Waals surface area contributed by atoms with Crippen molar-refractivity contribution in [2.45, 2.75) is 20.4 Å². The monoisotopic (exact) mass is 485 g/mol. The first-order valence-corrected chi connectivity index (χ1v) is 8.53. The van der Waals surface area contributed by atoms with E-state index in [-0.39, 0.29) is 24.0 Å². The van der Waals surface area contributed by atoms with Crippen molar-refractivity contribution in [3.05, 3.63) is 47.5 Å². The van der Waals surface area contributed by atoms with Gasteiger partial charge in [0.05, 0.1) is 20.8 Å². The van der Waals surface area contributed by atoms with Gasteiger partial charge in [0, 0.05) is 25.3 Å². The van der Waals surface area contributed by atoms with Crippen molar-refractivity contribution in [3.63, 3.8) is 0 Å². The number of nitrogens with zero attached hydrogens (tertiary/aromatic N) is 1. The smallest absolute Gasteiger partial charge is 0.195 e. The summed E-state index contributed by atoms with van der Waals surface area (Å²) in [7, 11) is 5.04. The number of methoxy groups -OCH3 is 2. The highest BCUT2D eigenvalue weighted by Gasteiger charge is 2.07. The molecule has 0 aliphatic rings. The molecule has 0 amide bonds. The van der Waals surface area contributed by atoms with Gasteiger partial charge in [-0.3, -0.25) is 4.99 Å². The number of hydrogen-bond donors (Lipinski definition) is 2. The Morgan fingerprint density at radius 1 is 1.00 bits per heavy atom. The highest BCUT2D eigenvalue weighted by atomic mass is 127. The topological polar surface area (TPSA) is 64.1 Å². The van der Waals surface area contributed by atoms with E-state index in [9.17, 15) is 0 Å². The molecule has 0 fully saturated rings. The summed E-state index contributed by atoms with van der Waals surface area (Å²) in [6.07, 6.45) is 0. The van der Waals surface area contributed by atoms with Crippen molar-refractivity contribution in [2.75, 3.05) is 33.2 Å². The van der Waals surface area contributed by atoms with Gasteiger partial charge in [-0.1, -0.05) is 12.1 Å². The lowest BCUT2D eigenvalue weighted by atomic mass is 10.1. The lowest BCUT2D eigenvalue weighted by Gasteiger charge is -2.15. The molecule has 2 N–H and O–H groups in total. The van der Waals surface area contributed by atoms with Gasteiger partial charge in [-0.15, -0.1) is 24.0 Å². The van der Waals surface area contributed by atoms with Gasteiger partial charge in [0.2, 0.25) is 0 Å². The van der Waals surface area contributed by atoms with Crippen molar-refractivity contribution < 1.29 is 14.2 Å². The largest absolute Gasteiger partial charge is 0.496 e. The van der Waals surface area contributed by atoms with Gasteiger partial charge in [0.1, 0.15) is 5.75 Å². The molecule has 0 radical (unpaired) electrons. The molecule has 2 aromatic carbocycles. The zero-order valence-corrected chi connectivity index (χ0v) is 18.8. The zero-order chi connectivity index (χ0) is 18.9. The van der Waals surface area contributed by atoms with E-state index in [1.54, 1.807) is 21.3 Å². The molecule has 0 spiro atoms. The van der Waals surface area contributed by atoms with Crippen molar-refractivity contribution in [1.82, 2.24) is 5.32 Å². The fourth-order valence-electron chi connectivity index (χ4n) is 2.57. The minimum atomic E-state index is 0. The molecule has 0 unspecified atom stereocenters. The highest BCUT2D eigenvalue weighted by molar-refractivity contribution is 14.0. The Kier molecular flexibility index (Phi) is 9.77. The molecule has 27 heavy (non-hydrogen) atoms. The maximum absolute atomic E-state index is 5.61. The lowest BCUT2D eigenvalue weighted by Crippen LogP contribution is -2.30. The van der Waals surface area contributed by atoms with Gasteiger partial charge in [-0.2, -0.15) is 0 Å². The molecule has 2 aromatic rings. The minimum Gasteiger partial charge on any atom is -0.496 e. The Labute approximate surface area is 178 Å². The van der Waals surface area contributed by atoms with Crippen LogP contribution in [0.25, 0.3) is 0 Å².